The maximum absolute atomic E-state index is 12.6. The molecule has 0 fully saturated rings. The first kappa shape index (κ1) is 18.8. The number of pyridine rings is 1. The Labute approximate surface area is 169 Å². The summed E-state index contributed by atoms with van der Waals surface area (Å²) in [6, 6.07) is 17.6. The third kappa shape index (κ3) is 5.04. The van der Waals surface area contributed by atoms with Crippen LogP contribution in [0.2, 0.25) is 0 Å². The zero-order chi connectivity index (χ0) is 19.9. The van der Waals surface area contributed by atoms with Crippen molar-refractivity contribution in [1.82, 2.24) is 4.98 Å². The molecule has 2 heterocycles. The number of ether oxygens (including phenoxy) is 2. The van der Waals surface area contributed by atoms with E-state index >= 15 is 0 Å². The molecule has 0 bridgehead atoms. The summed E-state index contributed by atoms with van der Waals surface area (Å²) in [5.74, 6) is 1.11. The minimum atomic E-state index is -0.220. The lowest BCUT2D eigenvalue weighted by molar-refractivity contribution is 0.102. The van der Waals surface area contributed by atoms with Gasteiger partial charge in [-0.25, -0.2) is 0 Å². The molecule has 0 saturated carbocycles. The van der Waals surface area contributed by atoms with Crippen molar-refractivity contribution in [3.8, 4) is 11.5 Å². The number of fused-ring (bicyclic) bond motifs is 1. The molecule has 6 heteroatoms. The molecule has 0 saturated heterocycles. The lowest BCUT2D eigenvalue weighted by Gasteiger charge is -2.19. The fourth-order valence-corrected chi connectivity index (χ4v) is 3.16. The molecule has 1 aliphatic heterocycles. The van der Waals surface area contributed by atoms with Gasteiger partial charge in [0.1, 0.15) is 13.2 Å². The third-order valence-corrected chi connectivity index (χ3v) is 4.61. The molecule has 2 N–H and O–H groups in total. The molecule has 1 aromatic heterocycles. The summed E-state index contributed by atoms with van der Waals surface area (Å²) in [6.45, 7) is 1.85. The molecule has 29 heavy (non-hydrogen) atoms. The first-order valence-corrected chi connectivity index (χ1v) is 9.72. The highest BCUT2D eigenvalue weighted by atomic mass is 16.6. The lowest BCUT2D eigenvalue weighted by Crippen LogP contribution is -2.16. The predicted molar refractivity (Wildman–Crippen MR) is 113 cm³/mol. The van der Waals surface area contributed by atoms with Crippen LogP contribution in [0.3, 0.4) is 0 Å². The van der Waals surface area contributed by atoms with Crippen LogP contribution in [0.25, 0.3) is 0 Å². The summed E-state index contributed by atoms with van der Waals surface area (Å²) in [4.78, 5) is 16.8. The van der Waals surface area contributed by atoms with Gasteiger partial charge in [0, 0.05) is 30.7 Å². The van der Waals surface area contributed by atoms with E-state index in [0.717, 1.165) is 25.1 Å². The molecule has 3 aromatic rings. The van der Waals surface area contributed by atoms with Crippen molar-refractivity contribution >= 4 is 17.3 Å². The van der Waals surface area contributed by atoms with E-state index in [2.05, 4.69) is 39.9 Å². The van der Waals surface area contributed by atoms with Gasteiger partial charge >= 0.3 is 0 Å². The second kappa shape index (κ2) is 9.10. The Balaban J connectivity index is 1.32. The van der Waals surface area contributed by atoms with E-state index < -0.39 is 0 Å². The number of anilines is 2. The number of aryl methyl sites for hydroxylation is 1. The van der Waals surface area contributed by atoms with Crippen molar-refractivity contribution in [3.63, 3.8) is 0 Å². The van der Waals surface area contributed by atoms with Crippen LogP contribution in [-0.4, -0.2) is 30.6 Å². The zero-order valence-electron chi connectivity index (χ0n) is 16.1. The van der Waals surface area contributed by atoms with Crippen molar-refractivity contribution in [2.24, 2.45) is 0 Å². The highest BCUT2D eigenvalue weighted by molar-refractivity contribution is 6.04. The van der Waals surface area contributed by atoms with Crippen molar-refractivity contribution in [2.45, 2.75) is 12.8 Å². The average Bonchev–Trinajstić information content (AvgIpc) is 2.77. The van der Waals surface area contributed by atoms with Gasteiger partial charge in [-0.2, -0.15) is 0 Å². The van der Waals surface area contributed by atoms with E-state index in [1.807, 2.05) is 12.1 Å². The fourth-order valence-electron chi connectivity index (χ4n) is 3.16. The fraction of sp³-hybridized carbons (Fsp3) is 0.217. The third-order valence-electron chi connectivity index (χ3n) is 4.61. The van der Waals surface area contributed by atoms with Crippen molar-refractivity contribution < 1.29 is 14.3 Å². The number of carbonyl (C=O) groups is 1. The van der Waals surface area contributed by atoms with Gasteiger partial charge in [-0.1, -0.05) is 30.3 Å². The predicted octanol–water partition coefficient (Wildman–Crippen LogP) is 4.15. The van der Waals surface area contributed by atoms with E-state index in [1.165, 1.54) is 5.56 Å². The number of rotatable bonds is 7. The Bertz CT molecular complexity index is 976. The van der Waals surface area contributed by atoms with Crippen molar-refractivity contribution in [3.05, 3.63) is 78.1 Å². The molecule has 1 aliphatic rings. The van der Waals surface area contributed by atoms with Crippen LogP contribution in [0.1, 0.15) is 22.3 Å². The molecule has 2 aromatic carbocycles. The first-order chi connectivity index (χ1) is 14.3. The van der Waals surface area contributed by atoms with E-state index in [0.29, 0.717) is 36.0 Å². The minimum absolute atomic E-state index is 0.220. The van der Waals surface area contributed by atoms with Crippen LogP contribution < -0.4 is 20.1 Å². The van der Waals surface area contributed by atoms with Gasteiger partial charge in [-0.3, -0.25) is 9.78 Å². The van der Waals surface area contributed by atoms with E-state index in [1.54, 1.807) is 30.6 Å². The summed E-state index contributed by atoms with van der Waals surface area (Å²) in [5.41, 5.74) is 3.29. The van der Waals surface area contributed by atoms with Crippen LogP contribution in [0, 0.1) is 0 Å². The highest BCUT2D eigenvalue weighted by Gasteiger charge is 2.14. The number of carbonyl (C=O) groups excluding carboxylic acids is 1. The maximum atomic E-state index is 12.6. The Morgan fingerprint density at radius 2 is 1.76 bits per heavy atom. The van der Waals surface area contributed by atoms with Crippen LogP contribution >= 0.6 is 0 Å². The summed E-state index contributed by atoms with van der Waals surface area (Å²) in [7, 11) is 0. The van der Waals surface area contributed by atoms with Gasteiger partial charge in [0.15, 0.2) is 11.5 Å². The minimum Gasteiger partial charge on any atom is -0.486 e. The van der Waals surface area contributed by atoms with Crippen LogP contribution in [0.15, 0.2) is 67.0 Å². The van der Waals surface area contributed by atoms with Gasteiger partial charge in [-0.15, -0.1) is 0 Å². The molecule has 0 atom stereocenters. The molecule has 1 amide bonds. The smallest absolute Gasteiger partial charge is 0.257 e. The summed E-state index contributed by atoms with van der Waals surface area (Å²) in [6.07, 6.45) is 5.29. The van der Waals surface area contributed by atoms with Crippen LogP contribution in [0.4, 0.5) is 11.4 Å². The quantitative estimate of drug-likeness (QED) is 0.594. The number of benzene rings is 2. The first-order valence-electron chi connectivity index (χ1n) is 9.72. The average molecular weight is 389 g/mol. The molecule has 0 radical (unpaired) electrons. The van der Waals surface area contributed by atoms with E-state index in [-0.39, 0.29) is 5.91 Å². The summed E-state index contributed by atoms with van der Waals surface area (Å²) < 4.78 is 11.1. The van der Waals surface area contributed by atoms with Gasteiger partial charge < -0.3 is 20.1 Å². The van der Waals surface area contributed by atoms with Gasteiger partial charge in [0.05, 0.1) is 11.3 Å². The number of amides is 1. The van der Waals surface area contributed by atoms with Crippen LogP contribution in [0.5, 0.6) is 11.5 Å². The Kier molecular flexibility index (Phi) is 5.90. The number of nitrogens with zero attached hydrogens (tertiary/aromatic N) is 1. The molecule has 148 valence electrons. The molecule has 4 rings (SSSR count). The van der Waals surface area contributed by atoms with Gasteiger partial charge in [0.25, 0.3) is 5.91 Å². The second-order valence-electron chi connectivity index (χ2n) is 6.79. The molecule has 6 nitrogen and oxygen atoms in total. The molecule has 0 aliphatic carbocycles. The molecule has 0 unspecified atom stereocenters. The molecular formula is C23H23N3O3. The molecular weight excluding hydrogens is 366 g/mol. The Morgan fingerprint density at radius 3 is 2.62 bits per heavy atom. The Hall–Kier alpha value is -3.54. The lowest BCUT2D eigenvalue weighted by atomic mass is 10.1. The summed E-state index contributed by atoms with van der Waals surface area (Å²) in [5, 5.41) is 6.22. The van der Waals surface area contributed by atoms with Crippen molar-refractivity contribution in [2.75, 3.05) is 30.4 Å². The SMILES string of the molecule is O=C(Nc1ccc2c(c1)OCCO2)c1cncc(NCCCc2ccccc2)c1. The highest BCUT2D eigenvalue weighted by Crippen LogP contribution is 2.32. The normalized spacial score (nSPS) is 12.3. The van der Waals surface area contributed by atoms with E-state index in [9.17, 15) is 4.79 Å². The standard InChI is InChI=1S/C23H23N3O3/c27-23(26-19-8-9-21-22(14-19)29-12-11-28-21)18-13-20(16-24-15-18)25-10-4-7-17-5-2-1-3-6-17/h1-3,5-6,8-9,13-16,25H,4,7,10-12H2,(H,26,27). The summed E-state index contributed by atoms with van der Waals surface area (Å²) >= 11 is 0. The van der Waals surface area contributed by atoms with Crippen molar-refractivity contribution in [1.29, 1.82) is 0 Å². The number of hydrogen-bond donors (Lipinski definition) is 2. The van der Waals surface area contributed by atoms with Gasteiger partial charge in [0.2, 0.25) is 0 Å². The maximum Gasteiger partial charge on any atom is 0.257 e. The number of aromatic nitrogens is 1. The molecule has 0 spiro atoms. The van der Waals surface area contributed by atoms with E-state index in [4.69, 9.17) is 9.47 Å². The van der Waals surface area contributed by atoms with Crippen LogP contribution in [-0.2, 0) is 6.42 Å². The zero-order valence-corrected chi connectivity index (χ0v) is 16.1. The number of nitrogens with one attached hydrogen (secondary N) is 2. The topological polar surface area (TPSA) is 72.5 Å². The largest absolute Gasteiger partial charge is 0.486 e. The Morgan fingerprint density at radius 1 is 0.931 bits per heavy atom. The second-order valence-corrected chi connectivity index (χ2v) is 6.79. The number of hydrogen-bond acceptors (Lipinski definition) is 5. The van der Waals surface area contributed by atoms with Gasteiger partial charge in [-0.05, 0) is 36.6 Å². The monoisotopic (exact) mass is 389 g/mol.